The second-order valence-corrected chi connectivity index (χ2v) is 3.57. The standard InChI is InChI=1S/C13H12O4/c1-2-16-12(14)7-9-8-17-11-6-4-3-5-10(11)13(9)15/h3-6,8H,2,7H2,1H3. The number of carbonyl (C=O) groups is 1. The molecule has 0 aliphatic carbocycles. The minimum absolute atomic E-state index is 0.0546. The molecule has 0 aliphatic rings. The van der Waals surface area contributed by atoms with Crippen LogP contribution in [0.1, 0.15) is 12.5 Å². The molecule has 2 aromatic rings. The van der Waals surface area contributed by atoms with E-state index in [-0.39, 0.29) is 11.8 Å². The Kier molecular flexibility index (Phi) is 3.23. The molecular weight excluding hydrogens is 220 g/mol. The fraction of sp³-hybridized carbons (Fsp3) is 0.231. The van der Waals surface area contributed by atoms with E-state index in [1.807, 2.05) is 0 Å². The minimum atomic E-state index is -0.421. The highest BCUT2D eigenvalue weighted by atomic mass is 16.5. The number of esters is 1. The Morgan fingerprint density at radius 3 is 2.88 bits per heavy atom. The zero-order valence-corrected chi connectivity index (χ0v) is 9.43. The molecule has 4 nitrogen and oxygen atoms in total. The molecule has 0 fully saturated rings. The molecule has 0 spiro atoms. The summed E-state index contributed by atoms with van der Waals surface area (Å²) in [5.41, 5.74) is 0.659. The van der Waals surface area contributed by atoms with Gasteiger partial charge in [0.15, 0.2) is 5.43 Å². The summed E-state index contributed by atoms with van der Waals surface area (Å²) in [6.07, 6.45) is 1.27. The van der Waals surface area contributed by atoms with Crippen LogP contribution in [0.3, 0.4) is 0 Å². The maximum Gasteiger partial charge on any atom is 0.310 e. The van der Waals surface area contributed by atoms with Gasteiger partial charge in [0, 0.05) is 5.56 Å². The van der Waals surface area contributed by atoms with Crippen molar-refractivity contribution in [3.63, 3.8) is 0 Å². The van der Waals surface area contributed by atoms with Crippen LogP contribution in [-0.2, 0) is 16.0 Å². The van der Waals surface area contributed by atoms with Crippen molar-refractivity contribution in [3.05, 3.63) is 46.3 Å². The molecule has 1 aromatic heterocycles. The number of rotatable bonds is 3. The Labute approximate surface area is 97.8 Å². The second kappa shape index (κ2) is 4.82. The van der Waals surface area contributed by atoms with Gasteiger partial charge in [0.25, 0.3) is 0 Å². The molecule has 88 valence electrons. The third-order valence-electron chi connectivity index (χ3n) is 2.39. The molecule has 4 heteroatoms. The summed E-state index contributed by atoms with van der Waals surface area (Å²) in [7, 11) is 0. The van der Waals surface area contributed by atoms with E-state index in [0.29, 0.717) is 23.1 Å². The second-order valence-electron chi connectivity index (χ2n) is 3.57. The quantitative estimate of drug-likeness (QED) is 0.758. The molecule has 0 aliphatic heterocycles. The predicted molar refractivity (Wildman–Crippen MR) is 62.8 cm³/mol. The van der Waals surface area contributed by atoms with Gasteiger partial charge in [0.1, 0.15) is 5.58 Å². The summed E-state index contributed by atoms with van der Waals surface area (Å²) < 4.78 is 10.1. The van der Waals surface area contributed by atoms with Crippen LogP contribution in [0.25, 0.3) is 11.0 Å². The lowest BCUT2D eigenvalue weighted by Gasteiger charge is -2.02. The van der Waals surface area contributed by atoms with Crippen molar-refractivity contribution in [2.24, 2.45) is 0 Å². The van der Waals surface area contributed by atoms with E-state index in [4.69, 9.17) is 9.15 Å². The average Bonchev–Trinajstić information content (AvgIpc) is 2.33. The summed E-state index contributed by atoms with van der Waals surface area (Å²) in [6.45, 7) is 2.03. The predicted octanol–water partition coefficient (Wildman–Crippen LogP) is 1.90. The summed E-state index contributed by atoms with van der Waals surface area (Å²) in [5, 5.41) is 0.481. The van der Waals surface area contributed by atoms with Crippen LogP contribution in [-0.4, -0.2) is 12.6 Å². The number of benzene rings is 1. The van der Waals surface area contributed by atoms with E-state index in [1.165, 1.54) is 6.26 Å². The number of fused-ring (bicyclic) bond motifs is 1. The highest BCUT2D eigenvalue weighted by Crippen LogP contribution is 2.10. The van der Waals surface area contributed by atoms with Gasteiger partial charge in [-0.05, 0) is 19.1 Å². The third kappa shape index (κ3) is 2.36. The van der Waals surface area contributed by atoms with Gasteiger partial charge < -0.3 is 9.15 Å². The van der Waals surface area contributed by atoms with Gasteiger partial charge >= 0.3 is 5.97 Å². The van der Waals surface area contributed by atoms with Crippen molar-refractivity contribution in [2.45, 2.75) is 13.3 Å². The fourth-order valence-electron chi connectivity index (χ4n) is 1.61. The van der Waals surface area contributed by atoms with Gasteiger partial charge in [-0.2, -0.15) is 0 Å². The molecule has 0 atom stereocenters. The van der Waals surface area contributed by atoms with E-state index in [0.717, 1.165) is 0 Å². The highest BCUT2D eigenvalue weighted by Gasteiger charge is 2.11. The molecule has 2 rings (SSSR count). The molecule has 0 saturated heterocycles. The zero-order valence-electron chi connectivity index (χ0n) is 9.43. The smallest absolute Gasteiger partial charge is 0.310 e. The van der Waals surface area contributed by atoms with Crippen molar-refractivity contribution in [3.8, 4) is 0 Å². The normalized spacial score (nSPS) is 10.4. The molecule has 0 saturated carbocycles. The lowest BCUT2D eigenvalue weighted by atomic mass is 10.1. The Balaban J connectivity index is 2.39. The molecular formula is C13H12O4. The lowest BCUT2D eigenvalue weighted by molar-refractivity contribution is -0.142. The molecule has 1 aromatic carbocycles. The van der Waals surface area contributed by atoms with Crippen LogP contribution in [0.4, 0.5) is 0 Å². The van der Waals surface area contributed by atoms with Gasteiger partial charge in [0.05, 0.1) is 24.7 Å². The van der Waals surface area contributed by atoms with Crippen molar-refractivity contribution in [2.75, 3.05) is 6.61 Å². The maximum atomic E-state index is 12.0. The number of carbonyl (C=O) groups excluding carboxylic acids is 1. The molecule has 0 unspecified atom stereocenters. The summed E-state index contributed by atoms with van der Waals surface area (Å²) in [6, 6.07) is 6.93. The van der Waals surface area contributed by atoms with Gasteiger partial charge in [-0.1, -0.05) is 12.1 Å². The van der Waals surface area contributed by atoms with Crippen LogP contribution in [0, 0.1) is 0 Å². The SMILES string of the molecule is CCOC(=O)Cc1coc2ccccc2c1=O. The largest absolute Gasteiger partial charge is 0.466 e. The lowest BCUT2D eigenvalue weighted by Crippen LogP contribution is -2.15. The highest BCUT2D eigenvalue weighted by molar-refractivity contribution is 5.79. The fourth-order valence-corrected chi connectivity index (χ4v) is 1.61. The monoisotopic (exact) mass is 232 g/mol. The van der Waals surface area contributed by atoms with E-state index in [2.05, 4.69) is 0 Å². The Morgan fingerprint density at radius 1 is 1.35 bits per heavy atom. The van der Waals surface area contributed by atoms with Crippen LogP contribution < -0.4 is 5.43 Å². The van der Waals surface area contributed by atoms with E-state index < -0.39 is 5.97 Å². The first kappa shape index (κ1) is 11.4. The topological polar surface area (TPSA) is 56.5 Å². The maximum absolute atomic E-state index is 12.0. The first-order valence-corrected chi connectivity index (χ1v) is 5.37. The van der Waals surface area contributed by atoms with Crippen LogP contribution >= 0.6 is 0 Å². The van der Waals surface area contributed by atoms with Gasteiger partial charge in [-0.3, -0.25) is 9.59 Å². The Hall–Kier alpha value is -2.10. The van der Waals surface area contributed by atoms with Gasteiger partial charge in [0.2, 0.25) is 0 Å². The van der Waals surface area contributed by atoms with Crippen LogP contribution in [0.2, 0.25) is 0 Å². The molecule has 0 bridgehead atoms. The summed E-state index contributed by atoms with van der Waals surface area (Å²) in [4.78, 5) is 23.3. The first-order valence-electron chi connectivity index (χ1n) is 5.37. The van der Waals surface area contributed by atoms with Crippen molar-refractivity contribution in [1.82, 2.24) is 0 Å². The van der Waals surface area contributed by atoms with E-state index in [9.17, 15) is 9.59 Å². The Bertz CT molecular complexity index is 598. The van der Waals surface area contributed by atoms with Crippen molar-refractivity contribution < 1.29 is 13.9 Å². The number of para-hydroxylation sites is 1. The van der Waals surface area contributed by atoms with E-state index >= 15 is 0 Å². The van der Waals surface area contributed by atoms with Crippen LogP contribution in [0.15, 0.2) is 39.7 Å². The van der Waals surface area contributed by atoms with Gasteiger partial charge in [-0.25, -0.2) is 0 Å². The summed E-state index contributed by atoms with van der Waals surface area (Å²) in [5.74, 6) is -0.421. The number of ether oxygens (including phenoxy) is 1. The van der Waals surface area contributed by atoms with Gasteiger partial charge in [-0.15, -0.1) is 0 Å². The average molecular weight is 232 g/mol. The Morgan fingerprint density at radius 2 is 2.12 bits per heavy atom. The molecule has 0 radical (unpaired) electrons. The summed E-state index contributed by atoms with van der Waals surface area (Å²) >= 11 is 0. The minimum Gasteiger partial charge on any atom is -0.466 e. The number of hydrogen-bond donors (Lipinski definition) is 0. The third-order valence-corrected chi connectivity index (χ3v) is 2.39. The van der Waals surface area contributed by atoms with E-state index in [1.54, 1.807) is 31.2 Å². The zero-order chi connectivity index (χ0) is 12.3. The van der Waals surface area contributed by atoms with Crippen LogP contribution in [0.5, 0.6) is 0 Å². The first-order chi connectivity index (χ1) is 8.22. The van der Waals surface area contributed by atoms with Crippen molar-refractivity contribution in [1.29, 1.82) is 0 Å². The molecule has 0 amide bonds. The number of hydrogen-bond acceptors (Lipinski definition) is 4. The molecule has 17 heavy (non-hydrogen) atoms. The molecule has 1 heterocycles. The van der Waals surface area contributed by atoms with Crippen molar-refractivity contribution >= 4 is 16.9 Å². The molecule has 0 N–H and O–H groups in total.